The fraction of sp³-hybridized carbons (Fsp3) is 0.533. The lowest BCUT2D eigenvalue weighted by Crippen LogP contribution is -2.87. The summed E-state index contributed by atoms with van der Waals surface area (Å²) in [4.78, 5) is 0. The van der Waals surface area contributed by atoms with Gasteiger partial charge in [-0.15, -0.1) is 0 Å². The molecule has 1 aromatic carbocycles. The highest BCUT2D eigenvalue weighted by molar-refractivity contribution is 5.82. The van der Waals surface area contributed by atoms with Gasteiger partial charge in [0.2, 0.25) is 0 Å². The SMILES string of the molecule is c1ccc2c3n(nc2c1)CCOC3[C@@H]1CCC[NH2+]C1. The maximum atomic E-state index is 6.13. The smallest absolute Gasteiger partial charge is 0.108 e. The summed E-state index contributed by atoms with van der Waals surface area (Å²) in [6.07, 6.45) is 2.81. The lowest BCUT2D eigenvalue weighted by molar-refractivity contribution is -0.670. The van der Waals surface area contributed by atoms with Crippen LogP contribution < -0.4 is 5.32 Å². The van der Waals surface area contributed by atoms with Crippen molar-refractivity contribution in [2.75, 3.05) is 19.7 Å². The van der Waals surface area contributed by atoms with E-state index in [1.807, 2.05) is 0 Å². The van der Waals surface area contributed by atoms with Crippen LogP contribution in [0.2, 0.25) is 0 Å². The molecule has 0 bridgehead atoms. The fourth-order valence-corrected chi connectivity index (χ4v) is 3.52. The number of hydrogen-bond donors (Lipinski definition) is 1. The molecule has 19 heavy (non-hydrogen) atoms. The molecule has 1 aromatic heterocycles. The molecule has 1 saturated heterocycles. The monoisotopic (exact) mass is 258 g/mol. The summed E-state index contributed by atoms with van der Waals surface area (Å²) in [5.41, 5.74) is 2.41. The van der Waals surface area contributed by atoms with Crippen LogP contribution >= 0.6 is 0 Å². The van der Waals surface area contributed by atoms with Crippen molar-refractivity contribution in [3.63, 3.8) is 0 Å². The first kappa shape index (κ1) is 11.4. The van der Waals surface area contributed by atoms with Gasteiger partial charge in [0.1, 0.15) is 6.10 Å². The number of quaternary nitrogens is 1. The van der Waals surface area contributed by atoms with Crippen LogP contribution in [0.1, 0.15) is 24.6 Å². The van der Waals surface area contributed by atoms with Gasteiger partial charge in [0.15, 0.2) is 0 Å². The molecule has 4 nitrogen and oxygen atoms in total. The zero-order chi connectivity index (χ0) is 12.7. The Kier molecular flexibility index (Phi) is 2.78. The van der Waals surface area contributed by atoms with Crippen LogP contribution in [0.25, 0.3) is 10.9 Å². The standard InChI is InChI=1S/C15H19N3O/c1-2-6-13-12(5-1)14-15(11-4-3-7-16-10-11)19-9-8-18(14)17-13/h1-2,5-6,11,15-16H,3-4,7-10H2/p+1/t11-,15?/m1/s1. The molecule has 0 saturated carbocycles. The lowest BCUT2D eigenvalue weighted by atomic mass is 9.90. The normalized spacial score (nSPS) is 27.4. The van der Waals surface area contributed by atoms with Crippen molar-refractivity contribution in [2.45, 2.75) is 25.5 Å². The third-order valence-corrected chi connectivity index (χ3v) is 4.44. The van der Waals surface area contributed by atoms with Gasteiger partial charge in [0.05, 0.1) is 37.5 Å². The summed E-state index contributed by atoms with van der Waals surface area (Å²) >= 11 is 0. The molecule has 1 fully saturated rings. The van der Waals surface area contributed by atoms with Gasteiger partial charge in [-0.2, -0.15) is 5.10 Å². The first-order valence-corrected chi connectivity index (χ1v) is 7.32. The van der Waals surface area contributed by atoms with E-state index in [0.29, 0.717) is 5.92 Å². The predicted molar refractivity (Wildman–Crippen MR) is 72.8 cm³/mol. The zero-order valence-electron chi connectivity index (χ0n) is 11.1. The molecule has 3 heterocycles. The number of nitrogens with zero attached hydrogens (tertiary/aromatic N) is 2. The third kappa shape index (κ3) is 1.86. The molecule has 0 aliphatic carbocycles. The molecule has 4 heteroatoms. The van der Waals surface area contributed by atoms with Crippen LogP contribution in [0.3, 0.4) is 0 Å². The molecule has 0 radical (unpaired) electrons. The van der Waals surface area contributed by atoms with Gasteiger partial charge in [-0.25, -0.2) is 0 Å². The molecule has 0 spiro atoms. The largest absolute Gasteiger partial charge is 0.369 e. The average molecular weight is 258 g/mol. The molecular formula is C15H20N3O+. The van der Waals surface area contributed by atoms with E-state index in [9.17, 15) is 0 Å². The van der Waals surface area contributed by atoms with E-state index in [1.165, 1.54) is 37.0 Å². The van der Waals surface area contributed by atoms with Gasteiger partial charge in [-0.1, -0.05) is 18.2 Å². The van der Waals surface area contributed by atoms with E-state index < -0.39 is 0 Å². The predicted octanol–water partition coefficient (Wildman–Crippen LogP) is 1.08. The van der Waals surface area contributed by atoms with Crippen LogP contribution in [0, 0.1) is 5.92 Å². The molecule has 4 rings (SSSR count). The molecule has 2 aliphatic rings. The van der Waals surface area contributed by atoms with E-state index in [0.717, 1.165) is 18.7 Å². The van der Waals surface area contributed by atoms with E-state index >= 15 is 0 Å². The Balaban J connectivity index is 1.80. The summed E-state index contributed by atoms with van der Waals surface area (Å²) in [5, 5.41) is 8.43. The van der Waals surface area contributed by atoms with Crippen molar-refractivity contribution in [1.29, 1.82) is 0 Å². The number of aromatic nitrogens is 2. The third-order valence-electron chi connectivity index (χ3n) is 4.44. The Hall–Kier alpha value is -1.39. The van der Waals surface area contributed by atoms with Crippen molar-refractivity contribution >= 4 is 10.9 Å². The van der Waals surface area contributed by atoms with Gasteiger partial charge in [0, 0.05) is 11.3 Å². The Labute approximate surface area is 112 Å². The van der Waals surface area contributed by atoms with Crippen LogP contribution in [-0.4, -0.2) is 29.5 Å². The van der Waals surface area contributed by atoms with Crippen LogP contribution in [0.4, 0.5) is 0 Å². The molecule has 2 atom stereocenters. The van der Waals surface area contributed by atoms with Gasteiger partial charge >= 0.3 is 0 Å². The van der Waals surface area contributed by atoms with Gasteiger partial charge < -0.3 is 10.1 Å². The van der Waals surface area contributed by atoms with Crippen LogP contribution in [-0.2, 0) is 11.3 Å². The molecule has 2 N–H and O–H groups in total. The van der Waals surface area contributed by atoms with E-state index in [4.69, 9.17) is 9.84 Å². The lowest BCUT2D eigenvalue weighted by Gasteiger charge is -2.32. The summed E-state index contributed by atoms with van der Waals surface area (Å²) in [6.45, 7) is 4.13. The number of rotatable bonds is 1. The molecule has 1 unspecified atom stereocenters. The number of nitrogens with two attached hydrogens (primary N) is 1. The fourth-order valence-electron chi connectivity index (χ4n) is 3.52. The summed E-state index contributed by atoms with van der Waals surface area (Å²) in [6, 6.07) is 8.45. The maximum Gasteiger partial charge on any atom is 0.108 e. The molecule has 2 aromatic rings. The van der Waals surface area contributed by atoms with Gasteiger partial charge in [-0.3, -0.25) is 4.68 Å². The van der Waals surface area contributed by atoms with Crippen LogP contribution in [0.15, 0.2) is 24.3 Å². The number of benzene rings is 1. The second-order valence-corrected chi connectivity index (χ2v) is 5.63. The zero-order valence-corrected chi connectivity index (χ0v) is 11.1. The Morgan fingerprint density at radius 3 is 3.16 bits per heavy atom. The highest BCUT2D eigenvalue weighted by Gasteiger charge is 2.34. The van der Waals surface area contributed by atoms with Crippen molar-refractivity contribution in [3.05, 3.63) is 30.0 Å². The minimum atomic E-state index is 0.234. The molecule has 100 valence electrons. The van der Waals surface area contributed by atoms with Crippen molar-refractivity contribution in [2.24, 2.45) is 5.92 Å². The highest BCUT2D eigenvalue weighted by atomic mass is 16.5. The second-order valence-electron chi connectivity index (χ2n) is 5.63. The van der Waals surface area contributed by atoms with E-state index in [2.05, 4.69) is 34.3 Å². The number of fused-ring (bicyclic) bond motifs is 3. The Morgan fingerprint density at radius 2 is 2.26 bits per heavy atom. The minimum Gasteiger partial charge on any atom is -0.369 e. The quantitative estimate of drug-likeness (QED) is 0.832. The topological polar surface area (TPSA) is 43.7 Å². The molecule has 0 amide bonds. The average Bonchev–Trinajstić information content (AvgIpc) is 2.86. The number of piperidine rings is 1. The summed E-state index contributed by atoms with van der Waals surface area (Å²) in [5.74, 6) is 0.632. The maximum absolute atomic E-state index is 6.13. The Bertz CT molecular complexity index is 586. The van der Waals surface area contributed by atoms with Crippen LogP contribution in [0.5, 0.6) is 0 Å². The van der Waals surface area contributed by atoms with Gasteiger partial charge in [-0.05, 0) is 18.9 Å². The number of ether oxygens (including phenoxy) is 1. The highest BCUT2D eigenvalue weighted by Crippen LogP contribution is 2.36. The first-order chi connectivity index (χ1) is 9.43. The second kappa shape index (κ2) is 4.62. The number of hydrogen-bond acceptors (Lipinski definition) is 2. The molecular weight excluding hydrogens is 238 g/mol. The van der Waals surface area contributed by atoms with Crippen molar-refractivity contribution in [1.82, 2.24) is 9.78 Å². The first-order valence-electron chi connectivity index (χ1n) is 7.32. The van der Waals surface area contributed by atoms with Crippen molar-refractivity contribution in [3.8, 4) is 0 Å². The minimum absolute atomic E-state index is 0.234. The Morgan fingerprint density at radius 1 is 1.32 bits per heavy atom. The van der Waals surface area contributed by atoms with E-state index in [1.54, 1.807) is 0 Å². The van der Waals surface area contributed by atoms with Gasteiger partial charge in [0.25, 0.3) is 0 Å². The molecule has 2 aliphatic heterocycles. The van der Waals surface area contributed by atoms with Crippen molar-refractivity contribution < 1.29 is 10.1 Å². The summed E-state index contributed by atoms with van der Waals surface area (Å²) in [7, 11) is 0. The summed E-state index contributed by atoms with van der Waals surface area (Å²) < 4.78 is 8.30. The van der Waals surface area contributed by atoms with E-state index in [-0.39, 0.29) is 6.10 Å².